The topological polar surface area (TPSA) is 9.23 Å². The molecule has 0 amide bonds. The molecule has 0 heterocycles. The minimum Gasteiger partial charge on any atom is -0.370 e. The molecule has 0 atom stereocenters. The summed E-state index contributed by atoms with van der Waals surface area (Å²) in [5.41, 5.74) is 1.43. The van der Waals surface area contributed by atoms with E-state index in [9.17, 15) is 0 Å². The standard InChI is InChI=1S/C17H25IO/c1-2-6-15-9-11-17(14-18,12-10-15)19-13-16-7-4-3-5-8-16/h3-5,7-8,15H,2,6,9-14H2,1H3. The smallest absolute Gasteiger partial charge is 0.0776 e. The Kier molecular flexibility index (Phi) is 6.14. The zero-order valence-corrected chi connectivity index (χ0v) is 14.1. The van der Waals surface area contributed by atoms with Crippen molar-refractivity contribution in [2.75, 3.05) is 4.43 Å². The lowest BCUT2D eigenvalue weighted by Crippen LogP contribution is -2.38. The largest absolute Gasteiger partial charge is 0.370 e. The lowest BCUT2D eigenvalue weighted by molar-refractivity contribution is -0.0693. The third kappa shape index (κ3) is 4.45. The number of ether oxygens (including phenoxy) is 1. The molecule has 2 heteroatoms. The minimum absolute atomic E-state index is 0.140. The number of halogens is 1. The lowest BCUT2D eigenvalue weighted by atomic mass is 9.78. The third-order valence-electron chi connectivity index (χ3n) is 4.34. The van der Waals surface area contributed by atoms with Crippen LogP contribution in [0.2, 0.25) is 0 Å². The monoisotopic (exact) mass is 372 g/mol. The first-order valence-corrected chi connectivity index (χ1v) is 9.04. The van der Waals surface area contributed by atoms with Crippen molar-refractivity contribution in [1.29, 1.82) is 0 Å². The van der Waals surface area contributed by atoms with Gasteiger partial charge in [-0.1, -0.05) is 72.7 Å². The highest BCUT2D eigenvalue weighted by Gasteiger charge is 2.34. The predicted octanol–water partition coefficient (Wildman–Crippen LogP) is 5.37. The highest BCUT2D eigenvalue weighted by Crippen LogP contribution is 2.38. The fourth-order valence-corrected chi connectivity index (χ4v) is 4.01. The van der Waals surface area contributed by atoms with E-state index in [4.69, 9.17) is 4.74 Å². The van der Waals surface area contributed by atoms with Crippen molar-refractivity contribution < 1.29 is 4.74 Å². The second kappa shape index (κ2) is 7.63. The van der Waals surface area contributed by atoms with Crippen LogP contribution in [0.25, 0.3) is 0 Å². The maximum atomic E-state index is 6.32. The van der Waals surface area contributed by atoms with E-state index in [1.54, 1.807) is 0 Å². The van der Waals surface area contributed by atoms with E-state index in [-0.39, 0.29) is 5.60 Å². The number of rotatable bonds is 6. The van der Waals surface area contributed by atoms with Crippen LogP contribution in [0.5, 0.6) is 0 Å². The highest BCUT2D eigenvalue weighted by molar-refractivity contribution is 14.1. The second-order valence-corrected chi connectivity index (χ2v) is 6.59. The van der Waals surface area contributed by atoms with E-state index in [2.05, 4.69) is 59.8 Å². The molecule has 0 radical (unpaired) electrons. The van der Waals surface area contributed by atoms with Gasteiger partial charge in [-0.2, -0.15) is 0 Å². The van der Waals surface area contributed by atoms with Crippen LogP contribution in [0.1, 0.15) is 51.0 Å². The first-order valence-electron chi connectivity index (χ1n) is 7.52. The van der Waals surface area contributed by atoms with Gasteiger partial charge >= 0.3 is 0 Å². The molecule has 0 bridgehead atoms. The van der Waals surface area contributed by atoms with E-state index in [0.29, 0.717) is 0 Å². The summed E-state index contributed by atoms with van der Waals surface area (Å²) in [6.07, 6.45) is 7.92. The third-order valence-corrected chi connectivity index (χ3v) is 5.73. The van der Waals surface area contributed by atoms with E-state index in [0.717, 1.165) is 17.0 Å². The van der Waals surface area contributed by atoms with Gasteiger partial charge in [0.05, 0.1) is 12.2 Å². The van der Waals surface area contributed by atoms with Crippen molar-refractivity contribution in [2.24, 2.45) is 5.92 Å². The van der Waals surface area contributed by atoms with Crippen molar-refractivity contribution in [1.82, 2.24) is 0 Å². The summed E-state index contributed by atoms with van der Waals surface area (Å²) in [5.74, 6) is 0.946. The van der Waals surface area contributed by atoms with Gasteiger partial charge in [0.1, 0.15) is 0 Å². The Morgan fingerprint density at radius 2 is 1.89 bits per heavy atom. The van der Waals surface area contributed by atoms with Gasteiger partial charge in [-0.05, 0) is 37.2 Å². The molecule has 1 saturated carbocycles. The van der Waals surface area contributed by atoms with E-state index >= 15 is 0 Å². The Bertz CT molecular complexity index is 355. The van der Waals surface area contributed by atoms with Crippen LogP contribution in [-0.4, -0.2) is 10.0 Å². The summed E-state index contributed by atoms with van der Waals surface area (Å²) in [4.78, 5) is 0. The van der Waals surface area contributed by atoms with Crippen molar-refractivity contribution >= 4 is 22.6 Å². The molecule has 0 aromatic heterocycles. The maximum Gasteiger partial charge on any atom is 0.0776 e. The molecule has 1 aliphatic rings. The molecule has 1 aromatic carbocycles. The van der Waals surface area contributed by atoms with Gasteiger partial charge in [0.15, 0.2) is 0 Å². The summed E-state index contributed by atoms with van der Waals surface area (Å²) in [6, 6.07) is 10.6. The summed E-state index contributed by atoms with van der Waals surface area (Å²) in [7, 11) is 0. The Hall–Kier alpha value is -0.0900. The van der Waals surface area contributed by atoms with Gasteiger partial charge in [-0.25, -0.2) is 0 Å². The van der Waals surface area contributed by atoms with Gasteiger partial charge in [-0.3, -0.25) is 0 Å². The average molecular weight is 372 g/mol. The molecule has 1 aliphatic carbocycles. The van der Waals surface area contributed by atoms with Crippen LogP contribution in [-0.2, 0) is 11.3 Å². The van der Waals surface area contributed by atoms with Crippen LogP contribution >= 0.6 is 22.6 Å². The van der Waals surface area contributed by atoms with Crippen LogP contribution in [0.3, 0.4) is 0 Å². The molecule has 0 N–H and O–H groups in total. The van der Waals surface area contributed by atoms with Gasteiger partial charge in [0, 0.05) is 4.43 Å². The summed E-state index contributed by atoms with van der Waals surface area (Å²) in [5, 5.41) is 0. The summed E-state index contributed by atoms with van der Waals surface area (Å²) >= 11 is 2.51. The lowest BCUT2D eigenvalue weighted by Gasteiger charge is -2.39. The van der Waals surface area contributed by atoms with Crippen LogP contribution < -0.4 is 0 Å². The molecule has 1 nitrogen and oxygen atoms in total. The van der Waals surface area contributed by atoms with Crippen LogP contribution in [0.15, 0.2) is 30.3 Å². The molecule has 0 spiro atoms. The quantitative estimate of drug-likeness (QED) is 0.482. The first-order chi connectivity index (χ1) is 9.28. The van der Waals surface area contributed by atoms with Gasteiger partial charge < -0.3 is 4.74 Å². The Morgan fingerprint density at radius 3 is 2.47 bits per heavy atom. The molecule has 2 rings (SSSR count). The molecule has 0 unspecified atom stereocenters. The van der Waals surface area contributed by atoms with Crippen molar-refractivity contribution in [3.8, 4) is 0 Å². The summed E-state index contributed by atoms with van der Waals surface area (Å²) < 4.78 is 7.45. The molecule has 19 heavy (non-hydrogen) atoms. The molecule has 0 aliphatic heterocycles. The second-order valence-electron chi connectivity index (χ2n) is 5.82. The molecule has 1 aromatic rings. The van der Waals surface area contributed by atoms with E-state index in [1.807, 2.05) is 0 Å². The predicted molar refractivity (Wildman–Crippen MR) is 89.7 cm³/mol. The SMILES string of the molecule is CCCC1CCC(CI)(OCc2ccccc2)CC1. The molecule has 1 fully saturated rings. The van der Waals surface area contributed by atoms with Crippen molar-refractivity contribution in [3.05, 3.63) is 35.9 Å². The molecule has 0 saturated heterocycles. The van der Waals surface area contributed by atoms with Gasteiger partial charge in [0.2, 0.25) is 0 Å². The normalized spacial score (nSPS) is 27.4. The van der Waals surface area contributed by atoms with Gasteiger partial charge in [-0.15, -0.1) is 0 Å². The Morgan fingerprint density at radius 1 is 1.21 bits per heavy atom. The maximum absolute atomic E-state index is 6.32. The number of hydrogen-bond acceptors (Lipinski definition) is 1. The molecular formula is C17H25IO. The van der Waals surface area contributed by atoms with Crippen LogP contribution in [0, 0.1) is 5.92 Å². The van der Waals surface area contributed by atoms with Crippen molar-refractivity contribution in [2.45, 2.75) is 57.7 Å². The molecular weight excluding hydrogens is 347 g/mol. The zero-order chi connectivity index (χ0) is 13.6. The number of benzene rings is 1. The average Bonchev–Trinajstić information content (AvgIpc) is 2.48. The van der Waals surface area contributed by atoms with E-state index in [1.165, 1.54) is 44.1 Å². The first kappa shape index (κ1) is 15.3. The number of alkyl halides is 1. The zero-order valence-electron chi connectivity index (χ0n) is 11.9. The fraction of sp³-hybridized carbons (Fsp3) is 0.647. The number of hydrogen-bond donors (Lipinski definition) is 0. The Balaban J connectivity index is 1.86. The van der Waals surface area contributed by atoms with Crippen molar-refractivity contribution in [3.63, 3.8) is 0 Å². The highest BCUT2D eigenvalue weighted by atomic mass is 127. The Labute approximate surface area is 131 Å². The molecule has 106 valence electrons. The van der Waals surface area contributed by atoms with Crippen LogP contribution in [0.4, 0.5) is 0 Å². The van der Waals surface area contributed by atoms with Gasteiger partial charge in [0.25, 0.3) is 0 Å². The minimum atomic E-state index is 0.140. The summed E-state index contributed by atoms with van der Waals surface area (Å²) in [6.45, 7) is 3.06. The van der Waals surface area contributed by atoms with E-state index < -0.39 is 0 Å². The fourth-order valence-electron chi connectivity index (χ4n) is 3.03.